The van der Waals surface area contributed by atoms with Crippen molar-refractivity contribution in [3.63, 3.8) is 0 Å². The van der Waals surface area contributed by atoms with E-state index in [2.05, 4.69) is 10.3 Å². The van der Waals surface area contributed by atoms with Crippen LogP contribution in [0.15, 0.2) is 65.7 Å². The Kier molecular flexibility index (Phi) is 5.85. The minimum absolute atomic E-state index is 0.0571. The summed E-state index contributed by atoms with van der Waals surface area (Å²) in [6, 6.07) is 14.0. The largest absolute Gasteiger partial charge is 0.402 e. The predicted molar refractivity (Wildman–Crippen MR) is 102 cm³/mol. The minimum Gasteiger partial charge on any atom is -0.326 e. The lowest BCUT2D eigenvalue weighted by atomic mass is 10.1. The van der Waals surface area contributed by atoms with Gasteiger partial charge in [-0.05, 0) is 35.9 Å². The molecule has 0 bridgehead atoms. The van der Waals surface area contributed by atoms with Gasteiger partial charge in [0.2, 0.25) is 15.9 Å². The van der Waals surface area contributed by atoms with Crippen LogP contribution in [0.4, 0.5) is 18.9 Å². The van der Waals surface area contributed by atoms with Crippen LogP contribution in [0.25, 0.3) is 10.9 Å². The van der Waals surface area contributed by atoms with E-state index in [1.165, 1.54) is 16.9 Å². The first-order valence-corrected chi connectivity index (χ1v) is 9.91. The minimum atomic E-state index is -4.66. The number of sulfonamides is 1. The van der Waals surface area contributed by atoms with E-state index in [0.29, 0.717) is 11.2 Å². The van der Waals surface area contributed by atoms with Crippen LogP contribution in [0.2, 0.25) is 0 Å². The third kappa shape index (κ3) is 5.52. The highest BCUT2D eigenvalue weighted by molar-refractivity contribution is 7.89. The molecule has 1 heterocycles. The fourth-order valence-corrected chi connectivity index (χ4v) is 3.68. The van der Waals surface area contributed by atoms with Gasteiger partial charge in [-0.3, -0.25) is 9.78 Å². The molecule has 29 heavy (non-hydrogen) atoms. The summed E-state index contributed by atoms with van der Waals surface area (Å²) in [5, 5.41) is 3.53. The number of hydrogen-bond donors (Lipinski definition) is 2. The van der Waals surface area contributed by atoms with Crippen molar-refractivity contribution in [1.29, 1.82) is 0 Å². The Balaban J connectivity index is 1.67. The SMILES string of the molecule is O=C(Cc1cccc2cccnc12)Nc1ccc(S(=O)(=O)NCC(F)(F)F)cc1. The molecule has 2 N–H and O–H groups in total. The summed E-state index contributed by atoms with van der Waals surface area (Å²) in [5.41, 5.74) is 1.76. The van der Waals surface area contributed by atoms with Gasteiger partial charge in [0, 0.05) is 17.3 Å². The van der Waals surface area contributed by atoms with Crippen molar-refractivity contribution in [3.05, 3.63) is 66.4 Å². The number of para-hydroxylation sites is 1. The lowest BCUT2D eigenvalue weighted by molar-refractivity contribution is -0.121. The Morgan fingerprint density at radius 1 is 1.00 bits per heavy atom. The second-order valence-electron chi connectivity index (χ2n) is 6.18. The number of carbonyl (C=O) groups excluding carboxylic acids is 1. The Morgan fingerprint density at radius 3 is 2.38 bits per heavy atom. The molecule has 0 saturated carbocycles. The Hall–Kier alpha value is -2.98. The smallest absolute Gasteiger partial charge is 0.326 e. The number of alkyl halides is 3. The lowest BCUT2D eigenvalue weighted by Crippen LogP contribution is -2.33. The average molecular weight is 423 g/mol. The number of halogens is 3. The summed E-state index contributed by atoms with van der Waals surface area (Å²) >= 11 is 0. The van der Waals surface area contributed by atoms with Crippen molar-refractivity contribution in [2.45, 2.75) is 17.5 Å². The van der Waals surface area contributed by atoms with Crippen LogP contribution < -0.4 is 10.0 Å². The van der Waals surface area contributed by atoms with Crippen molar-refractivity contribution < 1.29 is 26.4 Å². The highest BCUT2D eigenvalue weighted by Crippen LogP contribution is 2.19. The molecule has 0 aliphatic carbocycles. The Bertz CT molecular complexity index is 1130. The molecule has 152 valence electrons. The van der Waals surface area contributed by atoms with E-state index in [4.69, 9.17) is 0 Å². The standard InChI is InChI=1S/C19H16F3N3O3S/c20-19(21,22)12-24-29(27,28)16-8-6-15(7-9-16)25-17(26)11-14-4-1-3-13-5-2-10-23-18(13)14/h1-10,24H,11-12H2,(H,25,26). The number of carbonyl (C=O) groups is 1. The van der Waals surface area contributed by atoms with Gasteiger partial charge in [-0.25, -0.2) is 13.1 Å². The van der Waals surface area contributed by atoms with E-state index >= 15 is 0 Å². The molecule has 0 spiro atoms. The number of anilines is 1. The zero-order valence-electron chi connectivity index (χ0n) is 14.9. The van der Waals surface area contributed by atoms with Gasteiger partial charge in [0.05, 0.1) is 16.8 Å². The van der Waals surface area contributed by atoms with Gasteiger partial charge in [-0.1, -0.05) is 24.3 Å². The summed E-state index contributed by atoms with van der Waals surface area (Å²) in [4.78, 5) is 16.3. The zero-order chi connectivity index (χ0) is 21.1. The molecule has 0 radical (unpaired) electrons. The van der Waals surface area contributed by atoms with Crippen LogP contribution in [0.3, 0.4) is 0 Å². The van der Waals surface area contributed by atoms with Gasteiger partial charge < -0.3 is 5.32 Å². The number of amides is 1. The second-order valence-corrected chi connectivity index (χ2v) is 7.95. The van der Waals surface area contributed by atoms with Crippen molar-refractivity contribution in [1.82, 2.24) is 9.71 Å². The van der Waals surface area contributed by atoms with Crippen molar-refractivity contribution in [3.8, 4) is 0 Å². The number of rotatable bonds is 6. The summed E-state index contributed by atoms with van der Waals surface area (Å²) in [6.07, 6.45) is -2.96. The van der Waals surface area contributed by atoms with E-state index < -0.39 is 22.7 Å². The summed E-state index contributed by atoms with van der Waals surface area (Å²) in [6.45, 7) is -1.66. The monoisotopic (exact) mass is 423 g/mol. The molecule has 1 amide bonds. The van der Waals surface area contributed by atoms with Gasteiger partial charge >= 0.3 is 6.18 Å². The molecule has 0 saturated heterocycles. The number of benzene rings is 2. The molecule has 0 fully saturated rings. The lowest BCUT2D eigenvalue weighted by Gasteiger charge is -2.10. The summed E-state index contributed by atoms with van der Waals surface area (Å²) in [5.74, 6) is -0.339. The quantitative estimate of drug-likeness (QED) is 0.637. The topological polar surface area (TPSA) is 88.2 Å². The highest BCUT2D eigenvalue weighted by Gasteiger charge is 2.30. The van der Waals surface area contributed by atoms with Crippen LogP contribution in [0.1, 0.15) is 5.56 Å². The first-order valence-electron chi connectivity index (χ1n) is 8.43. The molecule has 0 aliphatic rings. The van der Waals surface area contributed by atoms with Crippen LogP contribution in [-0.2, 0) is 21.2 Å². The van der Waals surface area contributed by atoms with Crippen LogP contribution >= 0.6 is 0 Å². The number of hydrogen-bond acceptors (Lipinski definition) is 4. The maximum Gasteiger partial charge on any atom is 0.402 e. The van der Waals surface area contributed by atoms with Crippen LogP contribution in [-0.4, -0.2) is 32.0 Å². The molecule has 3 aromatic rings. The molecule has 3 rings (SSSR count). The number of fused-ring (bicyclic) bond motifs is 1. The van der Waals surface area contributed by atoms with Gasteiger partial charge in [0.1, 0.15) is 6.54 Å². The number of pyridine rings is 1. The summed E-state index contributed by atoms with van der Waals surface area (Å²) < 4.78 is 61.8. The van der Waals surface area contributed by atoms with E-state index in [1.54, 1.807) is 18.3 Å². The number of nitrogens with one attached hydrogen (secondary N) is 2. The number of aromatic nitrogens is 1. The van der Waals surface area contributed by atoms with Gasteiger partial charge in [-0.2, -0.15) is 13.2 Å². The molecule has 2 aromatic carbocycles. The first-order chi connectivity index (χ1) is 13.6. The maximum absolute atomic E-state index is 12.3. The molecule has 1 aromatic heterocycles. The highest BCUT2D eigenvalue weighted by atomic mass is 32.2. The van der Waals surface area contributed by atoms with Crippen molar-refractivity contribution in [2.75, 3.05) is 11.9 Å². The fourth-order valence-electron chi connectivity index (χ4n) is 2.67. The van der Waals surface area contributed by atoms with E-state index in [0.717, 1.165) is 23.1 Å². The van der Waals surface area contributed by atoms with Gasteiger partial charge in [-0.15, -0.1) is 0 Å². The normalized spacial score (nSPS) is 12.1. The molecule has 0 atom stereocenters. The van der Waals surface area contributed by atoms with Gasteiger partial charge in [0.25, 0.3) is 0 Å². The zero-order valence-corrected chi connectivity index (χ0v) is 15.7. The van der Waals surface area contributed by atoms with Crippen molar-refractivity contribution >= 4 is 32.5 Å². The summed E-state index contributed by atoms with van der Waals surface area (Å²) in [7, 11) is -4.30. The van der Waals surface area contributed by atoms with Crippen molar-refractivity contribution in [2.24, 2.45) is 0 Å². The maximum atomic E-state index is 12.3. The Morgan fingerprint density at radius 2 is 1.69 bits per heavy atom. The average Bonchev–Trinajstić information content (AvgIpc) is 2.67. The molecule has 6 nitrogen and oxygen atoms in total. The third-order valence-electron chi connectivity index (χ3n) is 3.98. The molecular formula is C19H16F3N3O3S. The van der Waals surface area contributed by atoms with E-state index in [-0.39, 0.29) is 17.2 Å². The van der Waals surface area contributed by atoms with E-state index in [9.17, 15) is 26.4 Å². The van der Waals surface area contributed by atoms with E-state index in [1.807, 2.05) is 18.2 Å². The Labute approximate surface area is 164 Å². The molecular weight excluding hydrogens is 407 g/mol. The first kappa shape index (κ1) is 20.7. The fraction of sp³-hybridized carbons (Fsp3) is 0.158. The van der Waals surface area contributed by atoms with Crippen LogP contribution in [0.5, 0.6) is 0 Å². The third-order valence-corrected chi connectivity index (χ3v) is 5.40. The molecule has 0 unspecified atom stereocenters. The van der Waals surface area contributed by atoms with Gasteiger partial charge in [0.15, 0.2) is 0 Å². The van der Waals surface area contributed by atoms with Crippen LogP contribution in [0, 0.1) is 0 Å². The molecule has 0 aliphatic heterocycles. The second kappa shape index (κ2) is 8.18. The number of nitrogens with zero attached hydrogens (tertiary/aromatic N) is 1. The predicted octanol–water partition coefficient (Wildman–Crippen LogP) is 3.26. The molecule has 10 heteroatoms.